The number of hydrogen-bond acceptors (Lipinski definition) is 4. The van der Waals surface area contributed by atoms with Gasteiger partial charge in [-0.3, -0.25) is 10.1 Å². The zero-order chi connectivity index (χ0) is 16.9. The van der Waals surface area contributed by atoms with Gasteiger partial charge in [0.15, 0.2) is 11.7 Å². The summed E-state index contributed by atoms with van der Waals surface area (Å²) in [6, 6.07) is 14.3. The minimum absolute atomic E-state index is 0.124. The van der Waals surface area contributed by atoms with Crippen molar-refractivity contribution in [1.29, 1.82) is 0 Å². The van der Waals surface area contributed by atoms with Crippen molar-refractivity contribution in [1.82, 2.24) is 4.98 Å². The summed E-state index contributed by atoms with van der Waals surface area (Å²) in [6.07, 6.45) is 0. The quantitative estimate of drug-likeness (QED) is 0.668. The molecule has 1 heterocycles. The van der Waals surface area contributed by atoms with Gasteiger partial charge in [0.1, 0.15) is 5.75 Å². The van der Waals surface area contributed by atoms with Gasteiger partial charge in [-0.15, -0.1) is 11.3 Å². The van der Waals surface area contributed by atoms with Crippen LogP contribution < -0.4 is 10.1 Å². The number of carbonyl (C=O) groups is 1. The highest BCUT2D eigenvalue weighted by molar-refractivity contribution is 7.14. The highest BCUT2D eigenvalue weighted by Crippen LogP contribution is 2.30. The molecule has 1 aromatic heterocycles. The fraction of sp³-hybridized carbons (Fsp3) is 0.0588. The number of benzene rings is 2. The van der Waals surface area contributed by atoms with Gasteiger partial charge in [0.05, 0.1) is 5.69 Å². The molecule has 0 fully saturated rings. The molecule has 4 nitrogen and oxygen atoms in total. The first-order chi connectivity index (χ1) is 11.6. The van der Waals surface area contributed by atoms with Crippen LogP contribution in [0.15, 0.2) is 53.9 Å². The molecule has 2 aromatic carbocycles. The Morgan fingerprint density at radius 2 is 2.00 bits per heavy atom. The van der Waals surface area contributed by atoms with Crippen molar-refractivity contribution in [3.63, 3.8) is 0 Å². The molecule has 0 atom stereocenters. The summed E-state index contributed by atoms with van der Waals surface area (Å²) in [7, 11) is 0. The molecule has 0 aliphatic carbocycles. The molecule has 3 aromatic rings. The van der Waals surface area contributed by atoms with Crippen LogP contribution in [0, 0.1) is 0 Å². The topological polar surface area (TPSA) is 51.2 Å². The zero-order valence-electron chi connectivity index (χ0n) is 12.3. The van der Waals surface area contributed by atoms with Crippen LogP contribution in [0.25, 0.3) is 11.3 Å². The van der Waals surface area contributed by atoms with Crippen LogP contribution in [-0.4, -0.2) is 17.5 Å². The number of ether oxygens (including phenoxy) is 1. The third-order valence-corrected chi connectivity index (χ3v) is 4.39. The van der Waals surface area contributed by atoms with Crippen molar-refractivity contribution in [2.24, 2.45) is 0 Å². The van der Waals surface area contributed by atoms with E-state index in [2.05, 4.69) is 10.3 Å². The summed E-state index contributed by atoms with van der Waals surface area (Å²) >= 11 is 13.3. The van der Waals surface area contributed by atoms with Crippen molar-refractivity contribution < 1.29 is 9.53 Å². The zero-order valence-corrected chi connectivity index (χ0v) is 14.7. The molecule has 3 rings (SSSR count). The van der Waals surface area contributed by atoms with Gasteiger partial charge in [-0.05, 0) is 24.3 Å². The van der Waals surface area contributed by atoms with E-state index in [1.54, 1.807) is 30.3 Å². The van der Waals surface area contributed by atoms with E-state index >= 15 is 0 Å². The number of aromatic nitrogens is 1. The molecule has 0 unspecified atom stereocenters. The molecule has 7 heteroatoms. The lowest BCUT2D eigenvalue weighted by Crippen LogP contribution is -2.20. The Hall–Kier alpha value is -2.08. The standard InChI is InChI=1S/C17H12Cl2N2O2S/c18-11-4-3-5-12(8-11)23-9-16(22)21-17-20-15(10-24-17)13-6-1-2-7-14(13)19/h1-8,10H,9H2,(H,20,21,22). The number of thiazole rings is 1. The van der Waals surface area contributed by atoms with Crippen LogP contribution in [0.4, 0.5) is 5.13 Å². The largest absolute Gasteiger partial charge is 0.484 e. The first-order valence-corrected chi connectivity index (χ1v) is 8.64. The molecule has 0 saturated heterocycles. The second-order valence-electron chi connectivity index (χ2n) is 4.81. The number of amides is 1. The molecule has 0 bridgehead atoms. The summed E-state index contributed by atoms with van der Waals surface area (Å²) in [5, 5.41) is 6.20. The highest BCUT2D eigenvalue weighted by Gasteiger charge is 2.10. The van der Waals surface area contributed by atoms with E-state index in [0.29, 0.717) is 20.9 Å². The van der Waals surface area contributed by atoms with Crippen LogP contribution in [-0.2, 0) is 4.79 Å². The van der Waals surface area contributed by atoms with Crippen LogP contribution in [0.2, 0.25) is 10.0 Å². The fourth-order valence-electron chi connectivity index (χ4n) is 1.98. The van der Waals surface area contributed by atoms with Gasteiger partial charge in [0, 0.05) is 21.0 Å². The maximum Gasteiger partial charge on any atom is 0.264 e. The van der Waals surface area contributed by atoms with Crippen molar-refractivity contribution >= 4 is 45.6 Å². The predicted molar refractivity (Wildman–Crippen MR) is 98.1 cm³/mol. The van der Waals surface area contributed by atoms with Gasteiger partial charge in [-0.1, -0.05) is 47.5 Å². The van der Waals surface area contributed by atoms with Crippen molar-refractivity contribution in [3.05, 3.63) is 64.0 Å². The molecule has 0 saturated carbocycles. The Balaban J connectivity index is 1.60. The monoisotopic (exact) mass is 378 g/mol. The van der Waals surface area contributed by atoms with Gasteiger partial charge in [0.2, 0.25) is 0 Å². The van der Waals surface area contributed by atoms with E-state index in [1.807, 2.05) is 23.6 Å². The lowest BCUT2D eigenvalue weighted by atomic mass is 10.2. The number of anilines is 1. The molecule has 0 aliphatic rings. The van der Waals surface area contributed by atoms with Gasteiger partial charge in [-0.2, -0.15) is 0 Å². The molecule has 0 radical (unpaired) electrons. The average molecular weight is 379 g/mol. The SMILES string of the molecule is O=C(COc1cccc(Cl)c1)Nc1nc(-c2ccccc2Cl)cs1. The minimum Gasteiger partial charge on any atom is -0.484 e. The number of hydrogen-bond donors (Lipinski definition) is 1. The third kappa shape index (κ3) is 4.26. The van der Waals surface area contributed by atoms with Gasteiger partial charge in [-0.25, -0.2) is 4.98 Å². The van der Waals surface area contributed by atoms with E-state index in [9.17, 15) is 4.79 Å². The van der Waals surface area contributed by atoms with E-state index < -0.39 is 0 Å². The Bertz CT molecular complexity index is 867. The molecule has 1 amide bonds. The Kier molecular flexibility index (Phi) is 5.35. The summed E-state index contributed by atoms with van der Waals surface area (Å²) < 4.78 is 5.39. The van der Waals surface area contributed by atoms with Crippen molar-refractivity contribution in [2.45, 2.75) is 0 Å². The highest BCUT2D eigenvalue weighted by atomic mass is 35.5. The summed E-state index contributed by atoms with van der Waals surface area (Å²) in [4.78, 5) is 16.3. The third-order valence-electron chi connectivity index (χ3n) is 3.07. The van der Waals surface area contributed by atoms with Gasteiger partial charge in [0.25, 0.3) is 5.91 Å². The van der Waals surface area contributed by atoms with Crippen LogP contribution in [0.3, 0.4) is 0 Å². The maximum absolute atomic E-state index is 12.0. The van der Waals surface area contributed by atoms with Crippen LogP contribution >= 0.6 is 34.5 Å². The Labute approximate surface area is 153 Å². The summed E-state index contributed by atoms with van der Waals surface area (Å²) in [5.74, 6) is 0.239. The normalized spacial score (nSPS) is 10.4. The lowest BCUT2D eigenvalue weighted by molar-refractivity contribution is -0.118. The Morgan fingerprint density at radius 3 is 2.79 bits per heavy atom. The molecule has 24 heavy (non-hydrogen) atoms. The number of halogens is 2. The number of nitrogens with zero attached hydrogens (tertiary/aromatic N) is 1. The van der Waals surface area contributed by atoms with Crippen molar-refractivity contribution in [2.75, 3.05) is 11.9 Å². The number of nitrogens with one attached hydrogen (secondary N) is 1. The Morgan fingerprint density at radius 1 is 1.17 bits per heavy atom. The number of rotatable bonds is 5. The van der Waals surface area contributed by atoms with Gasteiger partial charge < -0.3 is 4.74 Å². The molecule has 1 N–H and O–H groups in total. The van der Waals surface area contributed by atoms with Crippen LogP contribution in [0.1, 0.15) is 0 Å². The minimum atomic E-state index is -0.296. The maximum atomic E-state index is 12.0. The van der Waals surface area contributed by atoms with Crippen molar-refractivity contribution in [3.8, 4) is 17.0 Å². The summed E-state index contributed by atoms with van der Waals surface area (Å²) in [5.41, 5.74) is 1.54. The van der Waals surface area contributed by atoms with Crippen LogP contribution in [0.5, 0.6) is 5.75 Å². The molecule has 0 spiro atoms. The smallest absolute Gasteiger partial charge is 0.264 e. The fourth-order valence-corrected chi connectivity index (χ4v) is 3.12. The average Bonchev–Trinajstić information content (AvgIpc) is 3.02. The van der Waals surface area contributed by atoms with E-state index in [4.69, 9.17) is 27.9 Å². The molecule has 122 valence electrons. The predicted octanol–water partition coefficient (Wildman–Crippen LogP) is 5.13. The molecular formula is C17H12Cl2N2O2S. The van der Waals surface area contributed by atoms with E-state index in [1.165, 1.54) is 11.3 Å². The molecular weight excluding hydrogens is 367 g/mol. The lowest BCUT2D eigenvalue weighted by Gasteiger charge is -2.06. The first kappa shape index (κ1) is 16.8. The first-order valence-electron chi connectivity index (χ1n) is 7.00. The van der Waals surface area contributed by atoms with E-state index in [-0.39, 0.29) is 12.5 Å². The van der Waals surface area contributed by atoms with Gasteiger partial charge >= 0.3 is 0 Å². The molecule has 0 aliphatic heterocycles. The second kappa shape index (κ2) is 7.66. The number of carbonyl (C=O) groups excluding carboxylic acids is 1. The van der Waals surface area contributed by atoms with E-state index in [0.717, 1.165) is 11.3 Å². The second-order valence-corrected chi connectivity index (χ2v) is 6.51. The summed E-state index contributed by atoms with van der Waals surface area (Å²) in [6.45, 7) is -0.124.